The van der Waals surface area contributed by atoms with Gasteiger partial charge in [0, 0.05) is 23.8 Å². The summed E-state index contributed by atoms with van der Waals surface area (Å²) >= 11 is 0. The summed E-state index contributed by atoms with van der Waals surface area (Å²) in [7, 11) is 0. The molecule has 3 rings (SSSR count). The van der Waals surface area contributed by atoms with E-state index in [0.717, 1.165) is 10.9 Å². The molecule has 6 nitrogen and oxygen atoms in total. The Balaban J connectivity index is 1.71. The second-order valence-corrected chi connectivity index (χ2v) is 4.60. The molecule has 0 spiro atoms. The van der Waals surface area contributed by atoms with Crippen LogP contribution in [0.25, 0.3) is 10.9 Å². The van der Waals surface area contributed by atoms with Crippen LogP contribution in [0.15, 0.2) is 42.7 Å². The smallest absolute Gasteiger partial charge is 0.184 e. The minimum absolute atomic E-state index is 0.121. The Morgan fingerprint density at radius 1 is 1.00 bits per heavy atom. The summed E-state index contributed by atoms with van der Waals surface area (Å²) in [6.07, 6.45) is 3.11. The number of hydrogen-bond donors (Lipinski definition) is 1. The van der Waals surface area contributed by atoms with Gasteiger partial charge in [0.1, 0.15) is 5.69 Å². The number of carbonyl (C=O) groups excluding carboxylic acids is 2. The topological polar surface area (TPSA) is 88.6 Å². The number of hydrogen-bond acceptors (Lipinski definition) is 5. The molecule has 2 aromatic heterocycles. The molecule has 0 fully saturated rings. The van der Waals surface area contributed by atoms with Crippen molar-refractivity contribution < 1.29 is 9.59 Å². The number of para-hydroxylation sites is 1. The molecule has 0 aliphatic carbocycles. The van der Waals surface area contributed by atoms with Crippen LogP contribution < -0.4 is 0 Å². The summed E-state index contributed by atoms with van der Waals surface area (Å²) in [6.45, 7) is 0. The van der Waals surface area contributed by atoms with E-state index in [4.69, 9.17) is 0 Å². The van der Waals surface area contributed by atoms with Crippen molar-refractivity contribution in [3.63, 3.8) is 0 Å². The van der Waals surface area contributed by atoms with Gasteiger partial charge in [0.25, 0.3) is 0 Å². The first-order valence-corrected chi connectivity index (χ1v) is 6.52. The molecule has 0 saturated heterocycles. The van der Waals surface area contributed by atoms with E-state index in [-0.39, 0.29) is 24.4 Å². The Hall–Kier alpha value is -2.89. The maximum atomic E-state index is 12.2. The van der Waals surface area contributed by atoms with E-state index >= 15 is 0 Å². The zero-order chi connectivity index (χ0) is 14.7. The molecule has 6 heteroatoms. The lowest BCUT2D eigenvalue weighted by atomic mass is 10.0. The van der Waals surface area contributed by atoms with Crippen molar-refractivity contribution >= 4 is 22.5 Å². The Morgan fingerprint density at radius 3 is 2.62 bits per heavy atom. The number of rotatable bonds is 5. The molecule has 2 heterocycles. The highest BCUT2D eigenvalue weighted by atomic mass is 16.1. The van der Waals surface area contributed by atoms with Gasteiger partial charge in [0.2, 0.25) is 0 Å². The fourth-order valence-corrected chi connectivity index (χ4v) is 2.12. The predicted octanol–water partition coefficient (Wildman–Crippen LogP) is 2.20. The summed E-state index contributed by atoms with van der Waals surface area (Å²) in [5.74, 6) is -0.277. The lowest BCUT2D eigenvalue weighted by molar-refractivity contribution is 0.0915. The number of aromatic nitrogens is 4. The van der Waals surface area contributed by atoms with E-state index in [1.165, 1.54) is 12.4 Å². The van der Waals surface area contributed by atoms with Crippen molar-refractivity contribution in [2.45, 2.75) is 12.8 Å². The van der Waals surface area contributed by atoms with Crippen LogP contribution in [0.2, 0.25) is 0 Å². The second-order valence-electron chi connectivity index (χ2n) is 4.60. The second kappa shape index (κ2) is 5.62. The van der Waals surface area contributed by atoms with Gasteiger partial charge in [-0.15, -0.1) is 0 Å². The number of benzene rings is 1. The molecule has 0 aliphatic rings. The van der Waals surface area contributed by atoms with Gasteiger partial charge >= 0.3 is 0 Å². The third-order valence-corrected chi connectivity index (χ3v) is 3.22. The number of carbonyl (C=O) groups is 2. The number of fused-ring (bicyclic) bond motifs is 1. The third-order valence-electron chi connectivity index (χ3n) is 3.22. The van der Waals surface area contributed by atoms with Crippen molar-refractivity contribution in [2.24, 2.45) is 0 Å². The maximum Gasteiger partial charge on any atom is 0.184 e. The van der Waals surface area contributed by atoms with Gasteiger partial charge in [-0.1, -0.05) is 18.2 Å². The lowest BCUT2D eigenvalue weighted by Crippen LogP contribution is -2.06. The summed E-state index contributed by atoms with van der Waals surface area (Å²) in [4.78, 5) is 24.1. The van der Waals surface area contributed by atoms with Crippen LogP contribution in [0.4, 0.5) is 0 Å². The van der Waals surface area contributed by atoms with Crippen LogP contribution in [0, 0.1) is 0 Å². The SMILES string of the molecule is O=C(CCC(=O)c1n[nH]c2ccccc12)c1ccnnc1. The minimum Gasteiger partial charge on any atom is -0.294 e. The van der Waals surface area contributed by atoms with E-state index in [1.807, 2.05) is 24.3 Å². The predicted molar refractivity (Wildman–Crippen MR) is 76.0 cm³/mol. The molecule has 0 amide bonds. The van der Waals surface area contributed by atoms with Crippen molar-refractivity contribution in [1.29, 1.82) is 0 Å². The molecule has 1 N–H and O–H groups in total. The molecular weight excluding hydrogens is 268 g/mol. The van der Waals surface area contributed by atoms with Gasteiger partial charge < -0.3 is 0 Å². The van der Waals surface area contributed by atoms with Crippen LogP contribution in [0.1, 0.15) is 33.7 Å². The average molecular weight is 280 g/mol. The van der Waals surface area contributed by atoms with Gasteiger partial charge in [-0.2, -0.15) is 15.3 Å². The fraction of sp³-hybridized carbons (Fsp3) is 0.133. The van der Waals surface area contributed by atoms with Crippen LogP contribution >= 0.6 is 0 Å². The van der Waals surface area contributed by atoms with Gasteiger partial charge in [-0.05, 0) is 12.1 Å². The Morgan fingerprint density at radius 2 is 1.81 bits per heavy atom. The van der Waals surface area contributed by atoms with E-state index in [9.17, 15) is 9.59 Å². The van der Waals surface area contributed by atoms with Gasteiger partial charge in [0.15, 0.2) is 11.6 Å². The zero-order valence-electron chi connectivity index (χ0n) is 11.1. The molecule has 1 aromatic carbocycles. The number of aromatic amines is 1. The number of ketones is 2. The van der Waals surface area contributed by atoms with E-state index in [2.05, 4.69) is 20.4 Å². The number of H-pyrrole nitrogens is 1. The van der Waals surface area contributed by atoms with Crippen LogP contribution in [-0.4, -0.2) is 32.0 Å². The molecule has 21 heavy (non-hydrogen) atoms. The Kier molecular flexibility index (Phi) is 3.51. The van der Waals surface area contributed by atoms with E-state index in [1.54, 1.807) is 6.07 Å². The Labute approximate surface area is 120 Å². The number of Topliss-reactive ketones (excluding diaryl/α,β-unsaturated/α-hetero) is 2. The number of nitrogens with zero attached hydrogens (tertiary/aromatic N) is 3. The summed E-state index contributed by atoms with van der Waals surface area (Å²) < 4.78 is 0. The first kappa shape index (κ1) is 13.1. The molecular formula is C15H12N4O2. The maximum absolute atomic E-state index is 12.2. The van der Waals surface area contributed by atoms with Crippen molar-refractivity contribution in [2.75, 3.05) is 0 Å². The highest BCUT2D eigenvalue weighted by Gasteiger charge is 2.16. The highest BCUT2D eigenvalue weighted by Crippen LogP contribution is 2.17. The zero-order valence-corrected chi connectivity index (χ0v) is 11.1. The third kappa shape index (κ3) is 2.69. The first-order chi connectivity index (χ1) is 10.3. The molecule has 104 valence electrons. The molecule has 3 aromatic rings. The van der Waals surface area contributed by atoms with Crippen molar-refractivity contribution in [3.05, 3.63) is 54.0 Å². The molecule has 0 radical (unpaired) electrons. The van der Waals surface area contributed by atoms with Crippen molar-refractivity contribution in [3.8, 4) is 0 Å². The van der Waals surface area contributed by atoms with Crippen LogP contribution in [0.3, 0.4) is 0 Å². The van der Waals surface area contributed by atoms with Crippen molar-refractivity contribution in [1.82, 2.24) is 20.4 Å². The highest BCUT2D eigenvalue weighted by molar-refractivity contribution is 6.07. The quantitative estimate of drug-likeness (QED) is 0.724. The molecule has 0 saturated carbocycles. The minimum atomic E-state index is -0.150. The molecule has 0 atom stereocenters. The largest absolute Gasteiger partial charge is 0.294 e. The van der Waals surface area contributed by atoms with Gasteiger partial charge in [-0.25, -0.2) is 0 Å². The standard InChI is InChI=1S/C15H12N4O2/c20-13(10-7-8-16-17-9-10)5-6-14(21)15-11-3-1-2-4-12(11)18-19-15/h1-4,7-9H,5-6H2,(H,18,19). The average Bonchev–Trinajstić information content (AvgIpc) is 2.97. The van der Waals surface area contributed by atoms with E-state index < -0.39 is 0 Å². The van der Waals surface area contributed by atoms with Gasteiger partial charge in [-0.3, -0.25) is 14.7 Å². The summed E-state index contributed by atoms with van der Waals surface area (Å²) in [5, 5.41) is 14.9. The molecule has 0 unspecified atom stereocenters. The monoisotopic (exact) mass is 280 g/mol. The normalized spacial score (nSPS) is 10.7. The van der Waals surface area contributed by atoms with Gasteiger partial charge in [0.05, 0.1) is 17.9 Å². The summed E-state index contributed by atoms with van der Waals surface area (Å²) in [5.41, 5.74) is 1.65. The molecule has 0 aliphatic heterocycles. The van der Waals surface area contributed by atoms with Crippen LogP contribution in [0.5, 0.6) is 0 Å². The lowest BCUT2D eigenvalue weighted by Gasteiger charge is -1.99. The number of nitrogens with one attached hydrogen (secondary N) is 1. The van der Waals surface area contributed by atoms with Crippen LogP contribution in [-0.2, 0) is 0 Å². The summed E-state index contributed by atoms with van der Waals surface area (Å²) in [6, 6.07) is 8.99. The first-order valence-electron chi connectivity index (χ1n) is 6.52. The van der Waals surface area contributed by atoms with E-state index in [0.29, 0.717) is 11.3 Å². The Bertz CT molecular complexity index is 796. The molecule has 0 bridgehead atoms. The fourth-order valence-electron chi connectivity index (χ4n) is 2.12.